The SMILES string of the molecule is C[C@H]1[C@H]([Si](C)(C)O)[C@@H](CCO)O[C@]12C(=O)N(C)c1ccc(NC(=O)[C@H]3CCCN3)cc12. The van der Waals surface area contributed by atoms with E-state index in [0.29, 0.717) is 17.7 Å². The highest BCUT2D eigenvalue weighted by molar-refractivity contribution is 6.71. The molecule has 0 aliphatic carbocycles. The van der Waals surface area contributed by atoms with Gasteiger partial charge in [-0.25, -0.2) is 0 Å². The third-order valence-electron chi connectivity index (χ3n) is 7.17. The highest BCUT2D eigenvalue weighted by Gasteiger charge is 2.65. The summed E-state index contributed by atoms with van der Waals surface area (Å²) in [7, 11) is -0.972. The second kappa shape index (κ2) is 7.97. The van der Waals surface area contributed by atoms with E-state index in [2.05, 4.69) is 10.6 Å². The van der Waals surface area contributed by atoms with Crippen molar-refractivity contribution in [2.45, 2.75) is 62.6 Å². The number of hydrogen-bond acceptors (Lipinski definition) is 6. The maximum Gasteiger partial charge on any atom is 0.264 e. The Kier molecular flexibility index (Phi) is 5.76. The zero-order chi connectivity index (χ0) is 22.6. The highest BCUT2D eigenvalue weighted by atomic mass is 28.4. The molecule has 2 fully saturated rings. The molecular weight excluding hydrogens is 414 g/mol. The van der Waals surface area contributed by atoms with Gasteiger partial charge >= 0.3 is 0 Å². The van der Waals surface area contributed by atoms with Crippen molar-refractivity contribution in [1.29, 1.82) is 0 Å². The minimum absolute atomic E-state index is 0.0736. The van der Waals surface area contributed by atoms with Crippen molar-refractivity contribution in [3.63, 3.8) is 0 Å². The van der Waals surface area contributed by atoms with Crippen LogP contribution in [0.1, 0.15) is 31.7 Å². The number of anilines is 2. The molecule has 3 aliphatic heterocycles. The summed E-state index contributed by atoms with van der Waals surface area (Å²) in [4.78, 5) is 38.7. The second-order valence-corrected chi connectivity index (χ2v) is 13.6. The molecule has 9 heteroatoms. The van der Waals surface area contributed by atoms with Crippen molar-refractivity contribution in [2.75, 3.05) is 30.4 Å². The number of ether oxygens (including phenoxy) is 1. The Morgan fingerprint density at radius 1 is 1.42 bits per heavy atom. The fourth-order valence-corrected chi connectivity index (χ4v) is 8.40. The molecule has 0 radical (unpaired) electrons. The van der Waals surface area contributed by atoms with Crippen molar-refractivity contribution in [1.82, 2.24) is 5.32 Å². The van der Waals surface area contributed by atoms with Crippen LogP contribution in [0.5, 0.6) is 0 Å². The number of fused-ring (bicyclic) bond motifs is 2. The van der Waals surface area contributed by atoms with Crippen LogP contribution in [0.2, 0.25) is 18.6 Å². The lowest BCUT2D eigenvalue weighted by Gasteiger charge is -2.32. The Hall–Kier alpha value is -1.78. The number of nitrogens with one attached hydrogen (secondary N) is 2. The largest absolute Gasteiger partial charge is 0.432 e. The van der Waals surface area contributed by atoms with E-state index >= 15 is 0 Å². The van der Waals surface area contributed by atoms with Gasteiger partial charge in [0.2, 0.25) is 5.91 Å². The smallest absolute Gasteiger partial charge is 0.264 e. The van der Waals surface area contributed by atoms with Crippen LogP contribution in [0.25, 0.3) is 0 Å². The van der Waals surface area contributed by atoms with Crippen molar-refractivity contribution in [2.24, 2.45) is 5.92 Å². The minimum atomic E-state index is -2.70. The first-order valence-corrected chi connectivity index (χ1v) is 14.1. The molecular formula is C22H33N3O5Si. The molecule has 170 valence electrons. The number of aliphatic hydroxyl groups is 1. The van der Waals surface area contributed by atoms with Crippen molar-refractivity contribution < 1.29 is 24.2 Å². The lowest BCUT2D eigenvalue weighted by atomic mass is 9.82. The van der Waals surface area contributed by atoms with E-state index in [-0.39, 0.29) is 35.9 Å². The van der Waals surface area contributed by atoms with Crippen molar-refractivity contribution >= 4 is 31.5 Å². The molecule has 1 spiro atoms. The first-order chi connectivity index (χ1) is 14.6. The predicted octanol–water partition coefficient (Wildman–Crippen LogP) is 1.53. The normalized spacial score (nSPS) is 32.7. The van der Waals surface area contributed by atoms with E-state index in [9.17, 15) is 19.5 Å². The average Bonchev–Trinajstić information content (AvgIpc) is 3.38. The van der Waals surface area contributed by atoms with Gasteiger partial charge < -0.3 is 30.2 Å². The molecule has 1 aromatic rings. The summed E-state index contributed by atoms with van der Waals surface area (Å²) < 4.78 is 6.47. The summed E-state index contributed by atoms with van der Waals surface area (Å²) in [6.07, 6.45) is 1.74. The summed E-state index contributed by atoms with van der Waals surface area (Å²) in [6.45, 7) is 6.44. The molecule has 4 rings (SSSR count). The fourth-order valence-electron chi connectivity index (χ4n) is 5.80. The third-order valence-corrected chi connectivity index (χ3v) is 9.68. The Balaban J connectivity index is 1.73. The second-order valence-electron chi connectivity index (χ2n) is 9.61. The number of likely N-dealkylation sites (N-methyl/N-ethyl adjacent to an activating group) is 1. The number of hydrogen-bond donors (Lipinski definition) is 4. The number of aliphatic hydroxyl groups excluding tert-OH is 1. The number of carbonyl (C=O) groups is 2. The quantitative estimate of drug-likeness (QED) is 0.510. The Morgan fingerprint density at radius 3 is 2.77 bits per heavy atom. The van der Waals surface area contributed by atoms with Crippen LogP contribution in [0.3, 0.4) is 0 Å². The lowest BCUT2D eigenvalue weighted by Crippen LogP contribution is -2.45. The molecule has 3 heterocycles. The lowest BCUT2D eigenvalue weighted by molar-refractivity contribution is -0.146. The molecule has 0 bridgehead atoms. The van der Waals surface area contributed by atoms with Gasteiger partial charge in [0.05, 0.1) is 17.8 Å². The monoisotopic (exact) mass is 447 g/mol. The number of rotatable bonds is 5. The minimum Gasteiger partial charge on any atom is -0.432 e. The first kappa shape index (κ1) is 22.4. The first-order valence-electron chi connectivity index (χ1n) is 11.1. The molecule has 4 N–H and O–H groups in total. The Morgan fingerprint density at radius 2 is 2.16 bits per heavy atom. The van der Waals surface area contributed by atoms with Gasteiger partial charge in [-0.1, -0.05) is 6.92 Å². The summed E-state index contributed by atoms with van der Waals surface area (Å²) in [5.41, 5.74) is 0.652. The van der Waals surface area contributed by atoms with Gasteiger partial charge in [-0.15, -0.1) is 0 Å². The van der Waals surface area contributed by atoms with E-state index in [0.717, 1.165) is 25.1 Å². The molecule has 3 aliphatic rings. The Labute approximate surface area is 184 Å². The maximum atomic E-state index is 13.5. The van der Waals surface area contributed by atoms with Crippen molar-refractivity contribution in [3.05, 3.63) is 23.8 Å². The van der Waals surface area contributed by atoms with Gasteiger partial charge in [0.15, 0.2) is 13.9 Å². The van der Waals surface area contributed by atoms with E-state index in [4.69, 9.17) is 4.74 Å². The standard InChI is InChI=1S/C22H33N3O5Si/c1-13-19(31(3,4)29)18(9-11-26)30-22(13)15-12-14(7-8-17(15)25(2)21(22)28)24-20(27)16-6-5-10-23-16/h7-8,12-13,16,18-19,23,26,29H,5-6,9-11H2,1-4H3,(H,24,27)/t13-,16+,18+,19-,22+/m0/s1. The van der Waals surface area contributed by atoms with Gasteiger partial charge in [0.25, 0.3) is 5.91 Å². The van der Waals surface area contributed by atoms with Gasteiger partial charge in [-0.2, -0.15) is 0 Å². The van der Waals surface area contributed by atoms with Gasteiger partial charge in [0, 0.05) is 36.4 Å². The number of benzene rings is 1. The summed E-state index contributed by atoms with van der Waals surface area (Å²) in [6, 6.07) is 5.28. The Bertz CT molecular complexity index is 882. The molecule has 2 amide bonds. The van der Waals surface area contributed by atoms with E-state index in [1.807, 2.05) is 38.2 Å². The molecule has 5 atom stereocenters. The van der Waals surface area contributed by atoms with Gasteiger partial charge in [-0.05, 0) is 57.1 Å². The zero-order valence-corrected chi connectivity index (χ0v) is 19.6. The summed E-state index contributed by atoms with van der Waals surface area (Å²) >= 11 is 0. The van der Waals surface area contributed by atoms with Crippen molar-refractivity contribution in [3.8, 4) is 0 Å². The number of carbonyl (C=O) groups excluding carboxylic acids is 2. The summed E-state index contributed by atoms with van der Waals surface area (Å²) in [5.74, 6) is -0.515. The van der Waals surface area contributed by atoms with E-state index in [1.165, 1.54) is 0 Å². The molecule has 2 saturated heterocycles. The molecule has 1 aromatic carbocycles. The van der Waals surface area contributed by atoms with Crippen LogP contribution in [-0.2, 0) is 19.9 Å². The van der Waals surface area contributed by atoms with Crippen LogP contribution in [0.4, 0.5) is 11.4 Å². The zero-order valence-electron chi connectivity index (χ0n) is 18.6. The fraction of sp³-hybridized carbons (Fsp3) is 0.636. The van der Waals surface area contributed by atoms with Crippen LogP contribution >= 0.6 is 0 Å². The molecule has 0 unspecified atom stereocenters. The van der Waals surface area contributed by atoms with Gasteiger partial charge in [-0.3, -0.25) is 9.59 Å². The third kappa shape index (κ3) is 3.52. The molecule has 31 heavy (non-hydrogen) atoms. The van der Waals surface area contributed by atoms with E-state index < -0.39 is 20.0 Å². The van der Waals surface area contributed by atoms with Gasteiger partial charge in [0.1, 0.15) is 0 Å². The average molecular weight is 448 g/mol. The molecule has 8 nitrogen and oxygen atoms in total. The number of amides is 2. The molecule has 0 saturated carbocycles. The summed E-state index contributed by atoms with van der Waals surface area (Å²) in [5, 5.41) is 15.8. The topological polar surface area (TPSA) is 111 Å². The van der Waals surface area contributed by atoms with Crippen LogP contribution in [0.15, 0.2) is 18.2 Å². The van der Waals surface area contributed by atoms with Crippen LogP contribution in [0, 0.1) is 5.92 Å². The maximum absolute atomic E-state index is 13.5. The van der Waals surface area contributed by atoms with Crippen LogP contribution < -0.4 is 15.5 Å². The van der Waals surface area contributed by atoms with E-state index in [1.54, 1.807) is 11.9 Å². The van der Waals surface area contributed by atoms with Crippen LogP contribution in [-0.4, -0.2) is 62.4 Å². The molecule has 0 aromatic heterocycles. The predicted molar refractivity (Wildman–Crippen MR) is 120 cm³/mol. The number of nitrogens with zero attached hydrogens (tertiary/aromatic N) is 1. The highest BCUT2D eigenvalue weighted by Crippen LogP contribution is 2.59.